The molecule has 0 aliphatic carbocycles. The number of carbonyl (C=O) groups is 1. The van der Waals surface area contributed by atoms with E-state index >= 15 is 0 Å². The summed E-state index contributed by atoms with van der Waals surface area (Å²) < 4.78 is 7.99. The molecule has 2 aliphatic rings. The maximum Gasteiger partial charge on any atom is 0.256 e. The number of carbonyl (C=O) groups excluding carboxylic acids is 1. The predicted molar refractivity (Wildman–Crippen MR) is 105 cm³/mol. The van der Waals surface area contributed by atoms with Crippen LogP contribution in [0.5, 0.6) is 0 Å². The topological polar surface area (TPSA) is 50.6 Å². The molecule has 1 unspecified atom stereocenters. The second-order valence-corrected chi connectivity index (χ2v) is 7.82. The van der Waals surface area contributed by atoms with Crippen LogP contribution >= 0.6 is 0 Å². The zero-order valence-electron chi connectivity index (χ0n) is 16.2. The van der Waals surface area contributed by atoms with Crippen molar-refractivity contribution in [2.45, 2.75) is 37.9 Å². The first-order chi connectivity index (χ1) is 13.0. The van der Waals surface area contributed by atoms with Crippen molar-refractivity contribution in [1.29, 1.82) is 0 Å². The average Bonchev–Trinajstić information content (AvgIpc) is 3.11. The summed E-state index contributed by atoms with van der Waals surface area (Å²) in [5.41, 5.74) is 2.00. The molecule has 27 heavy (non-hydrogen) atoms. The molecular weight excluding hydrogens is 340 g/mol. The number of likely N-dealkylation sites (tertiary alicyclic amines) is 1. The number of nitrogens with zero attached hydrogens (tertiary/aromatic N) is 4. The Kier molecular flexibility index (Phi) is 5.02. The minimum Gasteiger partial charge on any atom is -0.360 e. The van der Waals surface area contributed by atoms with Gasteiger partial charge in [-0.2, -0.15) is 5.10 Å². The van der Waals surface area contributed by atoms with Crippen LogP contribution in [0.4, 0.5) is 5.69 Å². The van der Waals surface area contributed by atoms with Gasteiger partial charge in [-0.1, -0.05) is 30.3 Å². The third-order valence-corrected chi connectivity index (χ3v) is 5.82. The molecule has 3 heterocycles. The lowest BCUT2D eigenvalue weighted by Gasteiger charge is -2.48. The second-order valence-electron chi connectivity index (χ2n) is 7.82. The fourth-order valence-corrected chi connectivity index (χ4v) is 4.21. The van der Waals surface area contributed by atoms with Crippen molar-refractivity contribution in [2.24, 2.45) is 7.05 Å². The zero-order chi connectivity index (χ0) is 18.9. The number of aromatic nitrogens is 2. The molecule has 0 N–H and O–H groups in total. The summed E-state index contributed by atoms with van der Waals surface area (Å²) in [6.45, 7) is 5.58. The Bertz CT molecular complexity index is 780. The van der Waals surface area contributed by atoms with E-state index in [1.54, 1.807) is 10.9 Å². The maximum absolute atomic E-state index is 12.6. The lowest BCUT2D eigenvalue weighted by Crippen LogP contribution is -2.61. The smallest absolute Gasteiger partial charge is 0.256 e. The number of aryl methyl sites for hydroxylation is 1. The number of hydrogen-bond donors (Lipinski definition) is 0. The Morgan fingerprint density at radius 3 is 2.63 bits per heavy atom. The quantitative estimate of drug-likeness (QED) is 0.831. The number of piperidine rings is 1. The van der Waals surface area contributed by atoms with Gasteiger partial charge in [0.15, 0.2) is 0 Å². The summed E-state index contributed by atoms with van der Waals surface area (Å²) in [4.78, 5) is 17.0. The average molecular weight is 368 g/mol. The highest BCUT2D eigenvalue weighted by atomic mass is 16.5. The Labute approximate surface area is 160 Å². The van der Waals surface area contributed by atoms with Crippen molar-refractivity contribution in [2.75, 3.05) is 31.1 Å². The molecule has 0 saturated carbocycles. The van der Waals surface area contributed by atoms with Gasteiger partial charge < -0.3 is 14.5 Å². The van der Waals surface area contributed by atoms with Crippen molar-refractivity contribution < 1.29 is 9.53 Å². The Hall–Kier alpha value is -2.18. The highest BCUT2D eigenvalue weighted by Crippen LogP contribution is 2.34. The first-order valence-corrected chi connectivity index (χ1v) is 9.79. The van der Waals surface area contributed by atoms with Crippen LogP contribution < -0.4 is 4.90 Å². The first kappa shape index (κ1) is 18.2. The lowest BCUT2D eigenvalue weighted by molar-refractivity contribution is -0.161. The van der Waals surface area contributed by atoms with E-state index in [1.807, 2.05) is 25.1 Å². The van der Waals surface area contributed by atoms with Crippen LogP contribution in [0.2, 0.25) is 0 Å². The fraction of sp³-hybridized carbons (Fsp3) is 0.524. The molecule has 6 heteroatoms. The van der Waals surface area contributed by atoms with E-state index < -0.39 is 6.10 Å². The van der Waals surface area contributed by atoms with E-state index in [0.29, 0.717) is 6.54 Å². The molecule has 1 atom stereocenters. The molecule has 2 saturated heterocycles. The third-order valence-electron chi connectivity index (χ3n) is 5.82. The van der Waals surface area contributed by atoms with Crippen molar-refractivity contribution in [3.63, 3.8) is 0 Å². The number of ether oxygens (including phenoxy) is 1. The fourth-order valence-electron chi connectivity index (χ4n) is 4.21. The van der Waals surface area contributed by atoms with Gasteiger partial charge in [-0.05, 0) is 31.7 Å². The van der Waals surface area contributed by atoms with Crippen molar-refractivity contribution >= 4 is 11.6 Å². The number of benzene rings is 1. The van der Waals surface area contributed by atoms with Gasteiger partial charge in [0.25, 0.3) is 5.91 Å². The molecule has 4 rings (SSSR count). The number of morpholine rings is 1. The van der Waals surface area contributed by atoms with Crippen molar-refractivity contribution in [3.8, 4) is 0 Å². The SMILES string of the molecule is CC1OC2(CCN(CCc3ccccc3)CC2)CN(c2cnn(C)c2)C1=O. The molecule has 0 radical (unpaired) electrons. The number of amides is 1. The highest BCUT2D eigenvalue weighted by molar-refractivity contribution is 5.97. The van der Waals surface area contributed by atoms with E-state index in [-0.39, 0.29) is 11.5 Å². The monoisotopic (exact) mass is 368 g/mol. The zero-order valence-corrected chi connectivity index (χ0v) is 16.2. The van der Waals surface area contributed by atoms with Crippen molar-refractivity contribution in [3.05, 3.63) is 48.3 Å². The van der Waals surface area contributed by atoms with Gasteiger partial charge in [0.05, 0.1) is 24.0 Å². The number of hydrogen-bond acceptors (Lipinski definition) is 4. The van der Waals surface area contributed by atoms with Gasteiger partial charge in [-0.25, -0.2) is 0 Å². The molecule has 2 fully saturated rings. The number of rotatable bonds is 4. The Morgan fingerprint density at radius 1 is 1.22 bits per heavy atom. The van der Waals surface area contributed by atoms with Gasteiger partial charge in [0.2, 0.25) is 0 Å². The molecule has 2 aromatic rings. The lowest BCUT2D eigenvalue weighted by atomic mass is 9.88. The molecule has 144 valence electrons. The molecule has 0 bridgehead atoms. The van der Waals surface area contributed by atoms with Crippen molar-refractivity contribution in [1.82, 2.24) is 14.7 Å². The minimum absolute atomic E-state index is 0.0279. The predicted octanol–water partition coefficient (Wildman–Crippen LogP) is 2.25. The van der Waals surface area contributed by atoms with E-state index in [1.165, 1.54) is 5.56 Å². The summed E-state index contributed by atoms with van der Waals surface area (Å²) in [5.74, 6) is 0.0279. The van der Waals surface area contributed by atoms with Crippen LogP contribution in [0, 0.1) is 0 Å². The van der Waals surface area contributed by atoms with Gasteiger partial charge in [-0.15, -0.1) is 0 Å². The van der Waals surface area contributed by atoms with Crippen LogP contribution in [-0.4, -0.2) is 58.5 Å². The molecule has 1 spiro atoms. The van der Waals surface area contributed by atoms with Crippen LogP contribution in [0.1, 0.15) is 25.3 Å². The van der Waals surface area contributed by atoms with E-state index in [2.05, 4.69) is 40.3 Å². The molecule has 1 amide bonds. The molecule has 1 aromatic heterocycles. The van der Waals surface area contributed by atoms with Gasteiger partial charge in [0.1, 0.15) is 6.10 Å². The van der Waals surface area contributed by atoms with Crippen LogP contribution in [0.15, 0.2) is 42.7 Å². The molecular formula is C21H28N4O2. The summed E-state index contributed by atoms with van der Waals surface area (Å²) in [6.07, 6.45) is 6.24. The normalized spacial score (nSPS) is 23.1. The summed E-state index contributed by atoms with van der Waals surface area (Å²) in [7, 11) is 1.87. The summed E-state index contributed by atoms with van der Waals surface area (Å²) in [6, 6.07) is 10.6. The summed E-state index contributed by atoms with van der Waals surface area (Å²) >= 11 is 0. The molecule has 1 aromatic carbocycles. The van der Waals surface area contributed by atoms with Crippen LogP contribution in [0.25, 0.3) is 0 Å². The maximum atomic E-state index is 12.6. The third kappa shape index (κ3) is 3.92. The van der Waals surface area contributed by atoms with E-state index in [4.69, 9.17) is 4.74 Å². The summed E-state index contributed by atoms with van der Waals surface area (Å²) in [5, 5.41) is 4.22. The Morgan fingerprint density at radius 2 is 1.96 bits per heavy atom. The largest absolute Gasteiger partial charge is 0.360 e. The highest BCUT2D eigenvalue weighted by Gasteiger charge is 2.45. The van der Waals surface area contributed by atoms with Gasteiger partial charge in [-0.3, -0.25) is 9.48 Å². The molecule has 2 aliphatic heterocycles. The molecule has 6 nitrogen and oxygen atoms in total. The van der Waals surface area contributed by atoms with E-state index in [9.17, 15) is 4.79 Å². The Balaban J connectivity index is 1.38. The standard InChI is InChI=1S/C21H28N4O2/c1-17-20(26)25(19-14-22-23(2)15-19)16-21(27-17)9-12-24(13-10-21)11-8-18-6-4-3-5-7-18/h3-7,14-15,17H,8-13,16H2,1-2H3. The van der Waals surface area contributed by atoms with Gasteiger partial charge in [0, 0.05) is 32.9 Å². The first-order valence-electron chi connectivity index (χ1n) is 9.79. The second kappa shape index (κ2) is 7.44. The number of anilines is 1. The van der Waals surface area contributed by atoms with Crippen LogP contribution in [-0.2, 0) is 23.0 Å². The van der Waals surface area contributed by atoms with Gasteiger partial charge >= 0.3 is 0 Å². The minimum atomic E-state index is -0.408. The van der Waals surface area contributed by atoms with Crippen LogP contribution in [0.3, 0.4) is 0 Å². The van der Waals surface area contributed by atoms with E-state index in [0.717, 1.165) is 44.6 Å².